The predicted molar refractivity (Wildman–Crippen MR) is 98.8 cm³/mol. The SMILES string of the molecule is Cc1cccnc1-n1nc(C2CC2)nc1Cn1nnc2ccccc2c1=O. The van der Waals surface area contributed by atoms with E-state index in [1.807, 2.05) is 31.2 Å². The van der Waals surface area contributed by atoms with E-state index in [9.17, 15) is 4.79 Å². The van der Waals surface area contributed by atoms with Crippen LogP contribution in [0, 0.1) is 6.92 Å². The molecule has 8 nitrogen and oxygen atoms in total. The number of fused-ring (bicyclic) bond motifs is 1. The lowest BCUT2D eigenvalue weighted by Crippen LogP contribution is -2.26. The van der Waals surface area contributed by atoms with Crippen molar-refractivity contribution in [1.82, 2.24) is 34.7 Å². The molecule has 1 aliphatic carbocycles. The van der Waals surface area contributed by atoms with Gasteiger partial charge in [-0.3, -0.25) is 4.79 Å². The third-order valence-corrected chi connectivity index (χ3v) is 4.74. The molecule has 0 radical (unpaired) electrons. The van der Waals surface area contributed by atoms with Gasteiger partial charge in [0.15, 0.2) is 17.5 Å². The second-order valence-corrected chi connectivity index (χ2v) is 6.79. The molecule has 27 heavy (non-hydrogen) atoms. The Kier molecular flexibility index (Phi) is 3.56. The second-order valence-electron chi connectivity index (χ2n) is 6.79. The molecule has 0 amide bonds. The van der Waals surface area contributed by atoms with Gasteiger partial charge in [-0.15, -0.1) is 10.2 Å². The number of hydrogen-bond donors (Lipinski definition) is 0. The van der Waals surface area contributed by atoms with Gasteiger partial charge in [-0.05, 0) is 43.5 Å². The minimum atomic E-state index is -0.194. The summed E-state index contributed by atoms with van der Waals surface area (Å²) in [5.41, 5.74) is 1.38. The molecule has 0 saturated heterocycles. The molecular formula is C19H17N7O. The van der Waals surface area contributed by atoms with Crippen molar-refractivity contribution in [3.05, 3.63) is 70.2 Å². The van der Waals surface area contributed by atoms with Crippen LogP contribution in [-0.4, -0.2) is 34.7 Å². The van der Waals surface area contributed by atoms with E-state index >= 15 is 0 Å². The topological polar surface area (TPSA) is 91.4 Å². The Bertz CT molecular complexity index is 1210. The van der Waals surface area contributed by atoms with Crippen molar-refractivity contribution in [2.75, 3.05) is 0 Å². The average molecular weight is 359 g/mol. The highest BCUT2D eigenvalue weighted by Gasteiger charge is 2.30. The summed E-state index contributed by atoms with van der Waals surface area (Å²) in [6.07, 6.45) is 3.92. The molecule has 0 atom stereocenters. The second kappa shape index (κ2) is 6.08. The maximum atomic E-state index is 12.8. The molecule has 1 fully saturated rings. The lowest BCUT2D eigenvalue weighted by molar-refractivity contribution is 0.568. The number of nitrogens with zero attached hydrogens (tertiary/aromatic N) is 7. The zero-order chi connectivity index (χ0) is 18.4. The van der Waals surface area contributed by atoms with Gasteiger partial charge < -0.3 is 0 Å². The van der Waals surface area contributed by atoms with Gasteiger partial charge in [-0.2, -0.15) is 4.68 Å². The fourth-order valence-electron chi connectivity index (χ4n) is 3.11. The van der Waals surface area contributed by atoms with E-state index in [0.717, 1.165) is 24.2 Å². The number of aryl methyl sites for hydroxylation is 1. The first-order valence-corrected chi connectivity index (χ1v) is 8.91. The Labute approximate surface area is 154 Å². The summed E-state index contributed by atoms with van der Waals surface area (Å²) in [6, 6.07) is 11.1. The molecule has 0 N–H and O–H groups in total. The normalized spacial score (nSPS) is 14.0. The van der Waals surface area contributed by atoms with Gasteiger partial charge in [-0.1, -0.05) is 23.4 Å². The molecule has 1 saturated carbocycles. The Balaban J connectivity index is 1.62. The largest absolute Gasteiger partial charge is 0.278 e. The first kappa shape index (κ1) is 15.8. The highest BCUT2D eigenvalue weighted by Crippen LogP contribution is 2.38. The van der Waals surface area contributed by atoms with Crippen LogP contribution in [0.5, 0.6) is 0 Å². The van der Waals surface area contributed by atoms with E-state index < -0.39 is 0 Å². The van der Waals surface area contributed by atoms with Gasteiger partial charge >= 0.3 is 0 Å². The highest BCUT2D eigenvalue weighted by atomic mass is 16.1. The quantitative estimate of drug-likeness (QED) is 0.553. The van der Waals surface area contributed by atoms with Crippen LogP contribution in [-0.2, 0) is 6.54 Å². The van der Waals surface area contributed by atoms with E-state index in [1.165, 1.54) is 4.68 Å². The monoisotopic (exact) mass is 359 g/mol. The first-order chi connectivity index (χ1) is 13.2. The van der Waals surface area contributed by atoms with Crippen LogP contribution in [0.1, 0.15) is 36.0 Å². The maximum Gasteiger partial charge on any atom is 0.278 e. The standard InChI is InChI=1S/C19H17N7O/c1-12-5-4-10-20-18(12)26-16(21-17(23-26)13-8-9-13)11-25-19(27)14-6-2-3-7-15(14)22-24-25/h2-7,10,13H,8-9,11H2,1H3. The van der Waals surface area contributed by atoms with Crippen molar-refractivity contribution in [3.8, 4) is 5.82 Å². The summed E-state index contributed by atoms with van der Waals surface area (Å²) in [4.78, 5) is 21.9. The third kappa shape index (κ3) is 2.79. The van der Waals surface area contributed by atoms with Gasteiger partial charge in [0.1, 0.15) is 12.1 Å². The first-order valence-electron chi connectivity index (χ1n) is 8.91. The van der Waals surface area contributed by atoms with Crippen molar-refractivity contribution in [3.63, 3.8) is 0 Å². The number of hydrogen-bond acceptors (Lipinski definition) is 6. The zero-order valence-corrected chi connectivity index (χ0v) is 14.8. The molecule has 1 aromatic carbocycles. The van der Waals surface area contributed by atoms with Gasteiger partial charge in [0.2, 0.25) is 0 Å². The number of rotatable bonds is 4. The van der Waals surface area contributed by atoms with Crippen molar-refractivity contribution in [2.24, 2.45) is 0 Å². The fraction of sp³-hybridized carbons (Fsp3) is 0.263. The molecule has 0 unspecified atom stereocenters. The number of pyridine rings is 1. The predicted octanol–water partition coefficient (Wildman–Crippen LogP) is 2.00. The van der Waals surface area contributed by atoms with Gasteiger partial charge in [0, 0.05) is 12.1 Å². The molecule has 0 spiro atoms. The lowest BCUT2D eigenvalue weighted by Gasteiger charge is -2.08. The van der Waals surface area contributed by atoms with E-state index in [1.54, 1.807) is 23.0 Å². The van der Waals surface area contributed by atoms with Crippen LogP contribution in [0.3, 0.4) is 0 Å². The Morgan fingerprint density at radius 3 is 2.81 bits per heavy atom. The minimum Gasteiger partial charge on any atom is -0.267 e. The molecule has 134 valence electrons. The highest BCUT2D eigenvalue weighted by molar-refractivity contribution is 5.76. The van der Waals surface area contributed by atoms with Crippen LogP contribution in [0.2, 0.25) is 0 Å². The van der Waals surface area contributed by atoms with E-state index in [4.69, 9.17) is 4.98 Å². The van der Waals surface area contributed by atoms with Crippen LogP contribution in [0.4, 0.5) is 0 Å². The summed E-state index contributed by atoms with van der Waals surface area (Å²) < 4.78 is 3.06. The number of benzene rings is 1. The average Bonchev–Trinajstić information content (AvgIpc) is 3.46. The van der Waals surface area contributed by atoms with Gasteiger partial charge in [0.05, 0.1) is 5.39 Å². The molecule has 8 heteroatoms. The Morgan fingerprint density at radius 1 is 1.15 bits per heavy atom. The summed E-state index contributed by atoms with van der Waals surface area (Å²) in [6.45, 7) is 2.17. The summed E-state index contributed by atoms with van der Waals surface area (Å²) in [7, 11) is 0. The van der Waals surface area contributed by atoms with Crippen molar-refractivity contribution in [1.29, 1.82) is 0 Å². The summed E-state index contributed by atoms with van der Waals surface area (Å²) in [5.74, 6) is 2.55. The molecule has 4 aromatic rings. The van der Waals surface area contributed by atoms with Crippen molar-refractivity contribution in [2.45, 2.75) is 32.2 Å². The van der Waals surface area contributed by atoms with Crippen molar-refractivity contribution >= 4 is 10.9 Å². The molecule has 0 bridgehead atoms. The molecule has 3 heterocycles. The molecular weight excluding hydrogens is 342 g/mol. The number of aromatic nitrogens is 7. The van der Waals surface area contributed by atoms with Crippen LogP contribution < -0.4 is 5.56 Å². The van der Waals surface area contributed by atoms with Crippen molar-refractivity contribution < 1.29 is 0 Å². The Hall–Kier alpha value is -3.42. The molecule has 5 rings (SSSR count). The fourth-order valence-corrected chi connectivity index (χ4v) is 3.11. The molecule has 0 aliphatic heterocycles. The van der Waals surface area contributed by atoms with E-state index in [-0.39, 0.29) is 12.1 Å². The smallest absolute Gasteiger partial charge is 0.267 e. The lowest BCUT2D eigenvalue weighted by atomic mass is 10.2. The maximum absolute atomic E-state index is 12.8. The van der Waals surface area contributed by atoms with Gasteiger partial charge in [0.25, 0.3) is 5.56 Å². The third-order valence-electron chi connectivity index (χ3n) is 4.74. The Morgan fingerprint density at radius 2 is 2.00 bits per heavy atom. The van der Waals surface area contributed by atoms with Crippen LogP contribution >= 0.6 is 0 Å². The van der Waals surface area contributed by atoms with Crippen LogP contribution in [0.15, 0.2) is 47.4 Å². The molecule has 1 aliphatic rings. The molecule has 3 aromatic heterocycles. The zero-order valence-electron chi connectivity index (χ0n) is 14.8. The van der Waals surface area contributed by atoms with E-state index in [0.29, 0.717) is 28.5 Å². The van der Waals surface area contributed by atoms with E-state index in [2.05, 4.69) is 20.4 Å². The summed E-state index contributed by atoms with van der Waals surface area (Å²) in [5, 5.41) is 13.4. The van der Waals surface area contributed by atoms with Gasteiger partial charge in [-0.25, -0.2) is 14.6 Å². The minimum absolute atomic E-state index is 0.187. The van der Waals surface area contributed by atoms with Crippen LogP contribution in [0.25, 0.3) is 16.7 Å². The summed E-state index contributed by atoms with van der Waals surface area (Å²) >= 11 is 0.